The quantitative estimate of drug-likeness (QED) is 0.770. The van der Waals surface area contributed by atoms with Gasteiger partial charge < -0.3 is 10.4 Å². The van der Waals surface area contributed by atoms with Crippen molar-refractivity contribution in [3.63, 3.8) is 0 Å². The molecule has 16 heavy (non-hydrogen) atoms. The summed E-state index contributed by atoms with van der Waals surface area (Å²) >= 11 is 0. The Morgan fingerprint density at radius 1 is 1.44 bits per heavy atom. The highest BCUT2D eigenvalue weighted by molar-refractivity contribution is 5.33. The highest BCUT2D eigenvalue weighted by Crippen LogP contribution is 2.20. The summed E-state index contributed by atoms with van der Waals surface area (Å²) < 4.78 is 0. The number of carboxylic acid groups (broad SMARTS) is 1. The second-order valence-corrected chi connectivity index (χ2v) is 4.12. The van der Waals surface area contributed by atoms with Crippen molar-refractivity contribution in [3.8, 4) is 0 Å². The number of carbonyl (C=O) groups is 1. The van der Waals surface area contributed by atoms with Crippen LogP contribution in [0.1, 0.15) is 29.5 Å². The van der Waals surface area contributed by atoms with Gasteiger partial charge in [0.25, 0.3) is 6.47 Å². The molecule has 2 rings (SSSR count). The van der Waals surface area contributed by atoms with Crippen LogP contribution in [-0.2, 0) is 11.3 Å². The minimum Gasteiger partial charge on any atom is -0.483 e. The molecule has 1 aliphatic carbocycles. The Morgan fingerprint density at radius 3 is 2.62 bits per heavy atom. The van der Waals surface area contributed by atoms with E-state index in [1.807, 2.05) is 0 Å². The van der Waals surface area contributed by atoms with Crippen LogP contribution in [0.3, 0.4) is 0 Å². The van der Waals surface area contributed by atoms with Gasteiger partial charge in [-0.25, -0.2) is 0 Å². The zero-order valence-electron chi connectivity index (χ0n) is 9.86. The Balaban J connectivity index is 0.000000386. The lowest BCUT2D eigenvalue weighted by Gasteiger charge is -2.08. The number of hydrogen-bond donors (Lipinski definition) is 2. The fraction of sp³-hybridized carbons (Fsp3) is 0.462. The first-order chi connectivity index (χ1) is 7.69. The lowest BCUT2D eigenvalue weighted by atomic mass is 10.0. The first-order valence-electron chi connectivity index (χ1n) is 5.55. The molecule has 0 heterocycles. The lowest BCUT2D eigenvalue weighted by Crippen LogP contribution is -2.16. The molecule has 1 aromatic carbocycles. The molecule has 0 saturated heterocycles. The van der Waals surface area contributed by atoms with Gasteiger partial charge in [-0.2, -0.15) is 0 Å². The maximum atomic E-state index is 8.36. The van der Waals surface area contributed by atoms with Crippen LogP contribution < -0.4 is 5.32 Å². The van der Waals surface area contributed by atoms with Gasteiger partial charge in [0, 0.05) is 12.6 Å². The van der Waals surface area contributed by atoms with Gasteiger partial charge in [-0.1, -0.05) is 18.2 Å². The van der Waals surface area contributed by atoms with E-state index in [9.17, 15) is 0 Å². The van der Waals surface area contributed by atoms with Crippen molar-refractivity contribution >= 4 is 6.47 Å². The van der Waals surface area contributed by atoms with Crippen molar-refractivity contribution < 1.29 is 9.90 Å². The van der Waals surface area contributed by atoms with Crippen LogP contribution >= 0.6 is 0 Å². The average Bonchev–Trinajstić information content (AvgIpc) is 3.05. The Labute approximate surface area is 96.5 Å². The predicted molar refractivity (Wildman–Crippen MR) is 64.5 cm³/mol. The van der Waals surface area contributed by atoms with Gasteiger partial charge in [0.15, 0.2) is 0 Å². The standard InChI is InChI=1S/C12H17N.CH2O2/c1-9-4-3-5-11(10(9)2)8-13-12-6-7-12;2-1-3/h3-5,12-13H,6-8H2,1-2H3;1H,(H,2,3). The minimum absolute atomic E-state index is 0.250. The van der Waals surface area contributed by atoms with Crippen LogP contribution in [0.5, 0.6) is 0 Å². The van der Waals surface area contributed by atoms with Gasteiger partial charge in [-0.3, -0.25) is 4.79 Å². The van der Waals surface area contributed by atoms with Crippen molar-refractivity contribution in [2.24, 2.45) is 0 Å². The first-order valence-corrected chi connectivity index (χ1v) is 5.55. The summed E-state index contributed by atoms with van der Waals surface area (Å²) in [5.74, 6) is 0. The predicted octanol–water partition coefficient (Wildman–Crippen LogP) is 2.26. The van der Waals surface area contributed by atoms with Crippen LogP contribution in [-0.4, -0.2) is 17.6 Å². The highest BCUT2D eigenvalue weighted by atomic mass is 16.3. The van der Waals surface area contributed by atoms with Crippen molar-refractivity contribution in [2.45, 2.75) is 39.3 Å². The van der Waals surface area contributed by atoms with Crippen molar-refractivity contribution in [2.75, 3.05) is 0 Å². The molecular formula is C13H19NO2. The molecule has 0 aromatic heterocycles. The van der Waals surface area contributed by atoms with Gasteiger partial charge >= 0.3 is 0 Å². The molecule has 0 spiro atoms. The van der Waals surface area contributed by atoms with E-state index in [0.717, 1.165) is 12.6 Å². The van der Waals surface area contributed by atoms with E-state index in [-0.39, 0.29) is 6.47 Å². The number of aryl methyl sites for hydroxylation is 1. The molecule has 0 bridgehead atoms. The summed E-state index contributed by atoms with van der Waals surface area (Å²) in [7, 11) is 0. The molecule has 3 nitrogen and oxygen atoms in total. The molecule has 1 fully saturated rings. The number of nitrogens with one attached hydrogen (secondary N) is 1. The van der Waals surface area contributed by atoms with Gasteiger partial charge in [0.05, 0.1) is 0 Å². The van der Waals surface area contributed by atoms with Crippen molar-refractivity contribution in [3.05, 3.63) is 34.9 Å². The van der Waals surface area contributed by atoms with Crippen LogP contribution in [0, 0.1) is 13.8 Å². The van der Waals surface area contributed by atoms with Gasteiger partial charge in [-0.05, 0) is 43.4 Å². The topological polar surface area (TPSA) is 49.3 Å². The summed E-state index contributed by atoms with van der Waals surface area (Å²) in [6.45, 7) is 5.17. The maximum absolute atomic E-state index is 8.36. The molecule has 0 aliphatic heterocycles. The molecule has 0 atom stereocenters. The zero-order chi connectivity index (χ0) is 12.0. The van der Waals surface area contributed by atoms with Gasteiger partial charge in [0.1, 0.15) is 0 Å². The molecule has 3 heteroatoms. The molecule has 0 unspecified atom stereocenters. The maximum Gasteiger partial charge on any atom is 0.290 e. The van der Waals surface area contributed by atoms with E-state index < -0.39 is 0 Å². The van der Waals surface area contributed by atoms with Crippen LogP contribution in [0.4, 0.5) is 0 Å². The van der Waals surface area contributed by atoms with E-state index in [1.165, 1.54) is 29.5 Å². The van der Waals surface area contributed by atoms with Crippen LogP contribution in [0.25, 0.3) is 0 Å². The van der Waals surface area contributed by atoms with Crippen molar-refractivity contribution in [1.82, 2.24) is 5.32 Å². The van der Waals surface area contributed by atoms with Crippen LogP contribution in [0.15, 0.2) is 18.2 Å². The van der Waals surface area contributed by atoms with Gasteiger partial charge in [-0.15, -0.1) is 0 Å². The third-order valence-electron chi connectivity index (χ3n) is 2.88. The van der Waals surface area contributed by atoms with Crippen LogP contribution in [0.2, 0.25) is 0 Å². The summed E-state index contributed by atoms with van der Waals surface area (Å²) in [6, 6.07) is 7.35. The van der Waals surface area contributed by atoms with E-state index in [4.69, 9.17) is 9.90 Å². The molecule has 1 aromatic rings. The highest BCUT2D eigenvalue weighted by Gasteiger charge is 2.20. The largest absolute Gasteiger partial charge is 0.483 e. The van der Waals surface area contributed by atoms with E-state index in [1.54, 1.807) is 0 Å². The van der Waals surface area contributed by atoms with E-state index in [2.05, 4.69) is 37.4 Å². The van der Waals surface area contributed by atoms with Gasteiger partial charge in [0.2, 0.25) is 0 Å². The molecular weight excluding hydrogens is 202 g/mol. The summed E-state index contributed by atoms with van der Waals surface area (Å²) in [5.41, 5.74) is 4.29. The number of rotatable bonds is 3. The molecule has 0 amide bonds. The molecule has 88 valence electrons. The summed E-state index contributed by atoms with van der Waals surface area (Å²) in [5, 5.41) is 10.4. The Morgan fingerprint density at radius 2 is 2.06 bits per heavy atom. The monoisotopic (exact) mass is 221 g/mol. The summed E-state index contributed by atoms with van der Waals surface area (Å²) in [4.78, 5) is 8.36. The first kappa shape index (κ1) is 12.7. The summed E-state index contributed by atoms with van der Waals surface area (Å²) in [6.07, 6.45) is 2.73. The second-order valence-electron chi connectivity index (χ2n) is 4.12. The lowest BCUT2D eigenvalue weighted by molar-refractivity contribution is -0.122. The Kier molecular flexibility index (Phi) is 4.99. The normalized spacial score (nSPS) is 13.9. The fourth-order valence-electron chi connectivity index (χ4n) is 1.55. The number of hydrogen-bond acceptors (Lipinski definition) is 2. The number of benzene rings is 1. The molecule has 2 N–H and O–H groups in total. The van der Waals surface area contributed by atoms with E-state index in [0.29, 0.717) is 0 Å². The zero-order valence-corrected chi connectivity index (χ0v) is 9.86. The smallest absolute Gasteiger partial charge is 0.290 e. The van der Waals surface area contributed by atoms with Crippen molar-refractivity contribution in [1.29, 1.82) is 0 Å². The Bertz CT molecular complexity index is 346. The molecule has 0 radical (unpaired) electrons. The fourth-order valence-corrected chi connectivity index (χ4v) is 1.55. The second kappa shape index (κ2) is 6.28. The minimum atomic E-state index is -0.250. The molecule has 1 saturated carbocycles. The SMILES string of the molecule is Cc1cccc(CNC2CC2)c1C.O=CO. The Hall–Kier alpha value is -1.35. The molecule has 1 aliphatic rings. The third kappa shape index (κ3) is 4.03. The average molecular weight is 221 g/mol. The van der Waals surface area contributed by atoms with E-state index >= 15 is 0 Å². The third-order valence-corrected chi connectivity index (χ3v) is 2.88.